The van der Waals surface area contributed by atoms with Gasteiger partial charge in [0.25, 0.3) is 5.91 Å². The predicted octanol–water partition coefficient (Wildman–Crippen LogP) is 3.05. The minimum atomic E-state index is -0.591. The van der Waals surface area contributed by atoms with Crippen LogP contribution in [0.25, 0.3) is 0 Å². The lowest BCUT2D eigenvalue weighted by Gasteiger charge is -2.04. The molecule has 1 amide bonds. The first-order valence-corrected chi connectivity index (χ1v) is 6.39. The van der Waals surface area contributed by atoms with Crippen LogP contribution in [0.5, 0.6) is 0 Å². The molecular weight excluding hydrogens is 267 g/mol. The SMILES string of the molecule is CC(=O)c1csc(NC(=O)c2cc(C)ccc2F)n1. The van der Waals surface area contributed by atoms with Crippen molar-refractivity contribution < 1.29 is 14.0 Å². The lowest BCUT2D eigenvalue weighted by atomic mass is 10.1. The zero-order valence-corrected chi connectivity index (χ0v) is 11.2. The molecular formula is C13H11FN2O2S. The fraction of sp³-hybridized carbons (Fsp3) is 0.154. The predicted molar refractivity (Wildman–Crippen MR) is 71.2 cm³/mol. The molecule has 0 bridgehead atoms. The molecule has 0 saturated heterocycles. The number of anilines is 1. The van der Waals surface area contributed by atoms with Crippen molar-refractivity contribution in [2.24, 2.45) is 0 Å². The van der Waals surface area contributed by atoms with Gasteiger partial charge in [-0.1, -0.05) is 11.6 Å². The normalized spacial score (nSPS) is 10.3. The van der Waals surface area contributed by atoms with E-state index in [1.54, 1.807) is 18.4 Å². The van der Waals surface area contributed by atoms with Crippen LogP contribution < -0.4 is 5.32 Å². The number of aryl methyl sites for hydroxylation is 1. The molecule has 0 fully saturated rings. The van der Waals surface area contributed by atoms with Crippen molar-refractivity contribution in [1.29, 1.82) is 0 Å². The monoisotopic (exact) mass is 278 g/mol. The van der Waals surface area contributed by atoms with Gasteiger partial charge in [-0.3, -0.25) is 14.9 Å². The van der Waals surface area contributed by atoms with Gasteiger partial charge in [-0.05, 0) is 19.1 Å². The Morgan fingerprint density at radius 2 is 2.11 bits per heavy atom. The zero-order valence-electron chi connectivity index (χ0n) is 10.4. The maximum Gasteiger partial charge on any atom is 0.260 e. The third kappa shape index (κ3) is 3.03. The molecule has 2 rings (SSSR count). The number of rotatable bonds is 3. The Balaban J connectivity index is 2.20. The fourth-order valence-electron chi connectivity index (χ4n) is 1.47. The highest BCUT2D eigenvalue weighted by Crippen LogP contribution is 2.18. The molecule has 98 valence electrons. The van der Waals surface area contributed by atoms with Gasteiger partial charge in [0, 0.05) is 12.3 Å². The Kier molecular flexibility index (Phi) is 3.71. The topological polar surface area (TPSA) is 59.1 Å². The van der Waals surface area contributed by atoms with E-state index in [4.69, 9.17) is 0 Å². The molecule has 1 aromatic carbocycles. The smallest absolute Gasteiger partial charge is 0.260 e. The number of carbonyl (C=O) groups excluding carboxylic acids is 2. The maximum absolute atomic E-state index is 13.5. The van der Waals surface area contributed by atoms with Crippen LogP contribution in [-0.2, 0) is 0 Å². The lowest BCUT2D eigenvalue weighted by molar-refractivity contribution is 0.100. The van der Waals surface area contributed by atoms with Crippen LogP contribution in [0.4, 0.5) is 9.52 Å². The van der Waals surface area contributed by atoms with Crippen molar-refractivity contribution in [2.45, 2.75) is 13.8 Å². The molecule has 0 spiro atoms. The second-order valence-electron chi connectivity index (χ2n) is 4.03. The third-order valence-electron chi connectivity index (χ3n) is 2.45. The van der Waals surface area contributed by atoms with Crippen LogP contribution in [0, 0.1) is 12.7 Å². The Hall–Kier alpha value is -2.08. The molecule has 1 N–H and O–H groups in total. The van der Waals surface area contributed by atoms with Gasteiger partial charge in [0.2, 0.25) is 0 Å². The largest absolute Gasteiger partial charge is 0.298 e. The molecule has 1 heterocycles. The second-order valence-corrected chi connectivity index (χ2v) is 4.89. The number of benzene rings is 1. The number of nitrogens with zero attached hydrogens (tertiary/aromatic N) is 1. The molecule has 0 unspecified atom stereocenters. The van der Waals surface area contributed by atoms with Crippen molar-refractivity contribution >= 4 is 28.2 Å². The number of hydrogen-bond donors (Lipinski definition) is 1. The van der Waals surface area contributed by atoms with Crippen LogP contribution in [0.2, 0.25) is 0 Å². The van der Waals surface area contributed by atoms with Crippen molar-refractivity contribution in [3.63, 3.8) is 0 Å². The molecule has 1 aromatic heterocycles. The van der Waals surface area contributed by atoms with E-state index in [0.29, 0.717) is 0 Å². The van der Waals surface area contributed by atoms with Crippen LogP contribution in [0.15, 0.2) is 23.6 Å². The highest BCUT2D eigenvalue weighted by molar-refractivity contribution is 7.14. The van der Waals surface area contributed by atoms with E-state index in [1.165, 1.54) is 19.1 Å². The van der Waals surface area contributed by atoms with E-state index in [0.717, 1.165) is 16.9 Å². The molecule has 0 aliphatic carbocycles. The first-order chi connectivity index (χ1) is 8.97. The molecule has 0 saturated carbocycles. The van der Waals surface area contributed by atoms with E-state index >= 15 is 0 Å². The van der Waals surface area contributed by atoms with Crippen molar-refractivity contribution in [2.75, 3.05) is 5.32 Å². The Morgan fingerprint density at radius 3 is 2.74 bits per heavy atom. The minimum Gasteiger partial charge on any atom is -0.298 e. The average Bonchev–Trinajstić information content (AvgIpc) is 2.80. The zero-order chi connectivity index (χ0) is 14.0. The standard InChI is InChI=1S/C13H11FN2O2S/c1-7-3-4-10(14)9(5-7)12(18)16-13-15-11(6-19-13)8(2)17/h3-6H,1-2H3,(H,15,16,18). The summed E-state index contributed by atoms with van der Waals surface area (Å²) in [6, 6.07) is 4.29. The first kappa shape index (κ1) is 13.4. The Bertz CT molecular complexity index is 652. The fourth-order valence-corrected chi connectivity index (χ4v) is 2.22. The van der Waals surface area contributed by atoms with Crippen molar-refractivity contribution in [3.05, 3.63) is 46.2 Å². The van der Waals surface area contributed by atoms with E-state index < -0.39 is 11.7 Å². The number of amides is 1. The molecule has 0 atom stereocenters. The quantitative estimate of drug-likeness (QED) is 0.878. The number of thiazole rings is 1. The molecule has 0 aliphatic rings. The number of ketones is 1. The molecule has 4 nitrogen and oxygen atoms in total. The van der Waals surface area contributed by atoms with Crippen LogP contribution in [0.1, 0.15) is 33.3 Å². The van der Waals surface area contributed by atoms with E-state index in [2.05, 4.69) is 10.3 Å². The first-order valence-electron chi connectivity index (χ1n) is 5.51. The second kappa shape index (κ2) is 5.27. The summed E-state index contributed by atoms with van der Waals surface area (Å²) >= 11 is 1.12. The van der Waals surface area contributed by atoms with Gasteiger partial charge >= 0.3 is 0 Å². The third-order valence-corrected chi connectivity index (χ3v) is 3.21. The van der Waals surface area contributed by atoms with Crippen LogP contribution >= 0.6 is 11.3 Å². The Labute approximate surface area is 113 Å². The van der Waals surface area contributed by atoms with Gasteiger partial charge in [0.05, 0.1) is 5.56 Å². The van der Waals surface area contributed by atoms with Crippen molar-refractivity contribution in [3.8, 4) is 0 Å². The number of carbonyl (C=O) groups is 2. The van der Waals surface area contributed by atoms with E-state index in [-0.39, 0.29) is 22.2 Å². The average molecular weight is 278 g/mol. The number of hydrogen-bond acceptors (Lipinski definition) is 4. The number of halogens is 1. The molecule has 19 heavy (non-hydrogen) atoms. The maximum atomic E-state index is 13.5. The summed E-state index contributed by atoms with van der Waals surface area (Å²) in [7, 11) is 0. The molecule has 6 heteroatoms. The van der Waals surface area contributed by atoms with Crippen LogP contribution in [-0.4, -0.2) is 16.7 Å². The van der Waals surface area contributed by atoms with Gasteiger partial charge in [-0.2, -0.15) is 0 Å². The minimum absolute atomic E-state index is 0.0421. The summed E-state index contributed by atoms with van der Waals surface area (Å²) in [6.45, 7) is 3.16. The van der Waals surface area contributed by atoms with Crippen LogP contribution in [0.3, 0.4) is 0 Å². The number of nitrogens with one attached hydrogen (secondary N) is 1. The number of Topliss-reactive ketones (excluding diaryl/α,β-unsaturated/α-hetero) is 1. The summed E-state index contributed by atoms with van der Waals surface area (Å²) in [5.41, 5.74) is 1.03. The Morgan fingerprint density at radius 1 is 1.37 bits per heavy atom. The number of aromatic nitrogens is 1. The molecule has 0 aliphatic heterocycles. The van der Waals surface area contributed by atoms with Gasteiger partial charge < -0.3 is 0 Å². The summed E-state index contributed by atoms with van der Waals surface area (Å²) < 4.78 is 13.5. The van der Waals surface area contributed by atoms with E-state index in [9.17, 15) is 14.0 Å². The van der Waals surface area contributed by atoms with Gasteiger partial charge in [0.15, 0.2) is 10.9 Å². The summed E-state index contributed by atoms with van der Waals surface area (Å²) in [5.74, 6) is -1.35. The summed E-state index contributed by atoms with van der Waals surface area (Å²) in [5, 5.41) is 4.30. The van der Waals surface area contributed by atoms with Gasteiger partial charge in [-0.15, -0.1) is 11.3 Å². The highest BCUT2D eigenvalue weighted by Gasteiger charge is 2.14. The van der Waals surface area contributed by atoms with Gasteiger partial charge in [0.1, 0.15) is 11.5 Å². The molecule has 0 radical (unpaired) electrons. The summed E-state index contributed by atoms with van der Waals surface area (Å²) in [6.07, 6.45) is 0. The summed E-state index contributed by atoms with van der Waals surface area (Å²) in [4.78, 5) is 26.9. The van der Waals surface area contributed by atoms with Gasteiger partial charge in [-0.25, -0.2) is 9.37 Å². The molecule has 2 aromatic rings. The van der Waals surface area contributed by atoms with E-state index in [1.807, 2.05) is 0 Å². The van der Waals surface area contributed by atoms with Crippen molar-refractivity contribution in [1.82, 2.24) is 4.98 Å². The highest BCUT2D eigenvalue weighted by atomic mass is 32.1. The lowest BCUT2D eigenvalue weighted by Crippen LogP contribution is -2.14.